The number of aromatic amines is 1. The molecule has 1 aromatic heterocycles. The van der Waals surface area contributed by atoms with Crippen LogP contribution in [0.15, 0.2) is 36.8 Å². The second-order valence-electron chi connectivity index (χ2n) is 5.64. The quantitative estimate of drug-likeness (QED) is 0.802. The molecule has 0 spiro atoms. The van der Waals surface area contributed by atoms with Gasteiger partial charge in [-0.2, -0.15) is 0 Å². The molecule has 2 N–H and O–H groups in total. The third-order valence-electron chi connectivity index (χ3n) is 3.28. The molecule has 1 unspecified atom stereocenters. The van der Waals surface area contributed by atoms with Gasteiger partial charge in [-0.05, 0) is 31.5 Å². The second-order valence-corrected chi connectivity index (χ2v) is 5.64. The summed E-state index contributed by atoms with van der Waals surface area (Å²) < 4.78 is 5.11. The fourth-order valence-corrected chi connectivity index (χ4v) is 1.99. The van der Waals surface area contributed by atoms with Gasteiger partial charge in [-0.1, -0.05) is 19.1 Å². The molecular weight excluding hydrogens is 294 g/mol. The van der Waals surface area contributed by atoms with Crippen LogP contribution >= 0.6 is 0 Å². The van der Waals surface area contributed by atoms with Gasteiger partial charge in [0.25, 0.3) is 5.91 Å². The normalized spacial score (nSPS) is 12.0. The number of nitrogens with one attached hydrogen (secondary N) is 2. The van der Waals surface area contributed by atoms with Crippen LogP contribution in [0.1, 0.15) is 31.1 Å². The van der Waals surface area contributed by atoms with Crippen molar-refractivity contribution in [2.24, 2.45) is 5.92 Å². The van der Waals surface area contributed by atoms with Crippen LogP contribution in [0, 0.1) is 5.92 Å². The highest BCUT2D eigenvalue weighted by Gasteiger charge is 2.17. The van der Waals surface area contributed by atoms with Gasteiger partial charge >= 0.3 is 5.97 Å². The van der Waals surface area contributed by atoms with E-state index in [1.165, 1.54) is 0 Å². The first-order valence-electron chi connectivity index (χ1n) is 7.55. The summed E-state index contributed by atoms with van der Waals surface area (Å²) >= 11 is 0. The van der Waals surface area contributed by atoms with Crippen molar-refractivity contribution in [2.45, 2.75) is 26.9 Å². The van der Waals surface area contributed by atoms with E-state index in [1.807, 2.05) is 12.1 Å². The van der Waals surface area contributed by atoms with Gasteiger partial charge in [0.05, 0.1) is 30.2 Å². The number of hydrogen-bond acceptors (Lipinski definition) is 4. The molecule has 0 aliphatic rings. The van der Waals surface area contributed by atoms with Crippen molar-refractivity contribution < 1.29 is 14.3 Å². The van der Waals surface area contributed by atoms with Crippen LogP contribution in [-0.4, -0.2) is 34.5 Å². The first-order valence-corrected chi connectivity index (χ1v) is 7.55. The molecule has 0 aliphatic heterocycles. The third-order valence-corrected chi connectivity index (χ3v) is 3.28. The Balaban J connectivity index is 1.90. The van der Waals surface area contributed by atoms with Crippen LogP contribution in [0.25, 0.3) is 11.3 Å². The lowest BCUT2D eigenvalue weighted by Gasteiger charge is -2.14. The average molecular weight is 315 g/mol. The predicted molar refractivity (Wildman–Crippen MR) is 86.7 cm³/mol. The van der Waals surface area contributed by atoms with Crippen LogP contribution in [0.4, 0.5) is 0 Å². The van der Waals surface area contributed by atoms with E-state index in [0.29, 0.717) is 5.56 Å². The van der Waals surface area contributed by atoms with E-state index in [0.717, 1.165) is 11.3 Å². The number of amides is 1. The maximum atomic E-state index is 12.1. The zero-order valence-corrected chi connectivity index (χ0v) is 13.5. The summed E-state index contributed by atoms with van der Waals surface area (Å²) in [5.74, 6) is -0.911. The number of carbonyl (C=O) groups excluding carboxylic acids is 2. The van der Waals surface area contributed by atoms with Crippen molar-refractivity contribution in [1.29, 1.82) is 0 Å². The molecule has 23 heavy (non-hydrogen) atoms. The maximum absolute atomic E-state index is 12.1. The van der Waals surface area contributed by atoms with Crippen LogP contribution in [0.3, 0.4) is 0 Å². The number of H-pyrrole nitrogens is 1. The van der Waals surface area contributed by atoms with Crippen molar-refractivity contribution in [3.05, 3.63) is 42.4 Å². The highest BCUT2D eigenvalue weighted by atomic mass is 16.5. The standard InChI is InChI=1S/C17H21N3O3/c1-11(2)23-17(22)12(3)8-19-16(21)14-6-4-13(5-7-14)15-9-18-10-20-15/h4-7,9-12H,8H2,1-3H3,(H,18,20)(H,19,21). The Hall–Kier alpha value is -2.63. The molecule has 1 atom stereocenters. The summed E-state index contributed by atoms with van der Waals surface area (Å²) in [6.07, 6.45) is 3.17. The number of rotatable bonds is 6. The van der Waals surface area contributed by atoms with Gasteiger partial charge < -0.3 is 15.0 Å². The van der Waals surface area contributed by atoms with Crippen molar-refractivity contribution in [1.82, 2.24) is 15.3 Å². The van der Waals surface area contributed by atoms with E-state index in [1.54, 1.807) is 45.4 Å². The minimum Gasteiger partial charge on any atom is -0.463 e. The van der Waals surface area contributed by atoms with Crippen molar-refractivity contribution in [2.75, 3.05) is 6.54 Å². The van der Waals surface area contributed by atoms with Gasteiger partial charge in [0.15, 0.2) is 0 Å². The average Bonchev–Trinajstić information content (AvgIpc) is 3.06. The van der Waals surface area contributed by atoms with E-state index in [4.69, 9.17) is 4.74 Å². The molecule has 6 nitrogen and oxygen atoms in total. The maximum Gasteiger partial charge on any atom is 0.310 e. The molecule has 1 amide bonds. The summed E-state index contributed by atoms with van der Waals surface area (Å²) in [6, 6.07) is 7.17. The molecule has 0 saturated carbocycles. The summed E-state index contributed by atoms with van der Waals surface area (Å²) in [4.78, 5) is 30.8. The zero-order valence-electron chi connectivity index (χ0n) is 13.5. The molecule has 0 bridgehead atoms. The first-order chi connectivity index (χ1) is 11.0. The lowest BCUT2D eigenvalue weighted by molar-refractivity contribution is -0.151. The molecule has 122 valence electrons. The number of ether oxygens (including phenoxy) is 1. The monoisotopic (exact) mass is 315 g/mol. The highest BCUT2D eigenvalue weighted by molar-refractivity contribution is 5.94. The van der Waals surface area contributed by atoms with E-state index in [-0.39, 0.29) is 30.4 Å². The minimum absolute atomic E-state index is 0.157. The molecule has 2 aromatic rings. The van der Waals surface area contributed by atoms with Gasteiger partial charge in [-0.15, -0.1) is 0 Å². The molecular formula is C17H21N3O3. The van der Waals surface area contributed by atoms with Crippen LogP contribution in [0.2, 0.25) is 0 Å². The number of carbonyl (C=O) groups is 2. The fourth-order valence-electron chi connectivity index (χ4n) is 1.99. The molecule has 0 saturated heterocycles. The number of esters is 1. The Kier molecular flexibility index (Phi) is 5.51. The van der Waals surface area contributed by atoms with Crippen LogP contribution in [0.5, 0.6) is 0 Å². The number of imidazole rings is 1. The molecule has 1 aromatic carbocycles. The van der Waals surface area contributed by atoms with Gasteiger partial charge in [0.2, 0.25) is 0 Å². The van der Waals surface area contributed by atoms with Crippen molar-refractivity contribution in [3.63, 3.8) is 0 Å². The Morgan fingerprint density at radius 3 is 2.48 bits per heavy atom. The van der Waals surface area contributed by atoms with E-state index in [9.17, 15) is 9.59 Å². The summed E-state index contributed by atoms with van der Waals surface area (Å²) in [6.45, 7) is 5.56. The van der Waals surface area contributed by atoms with Crippen molar-refractivity contribution >= 4 is 11.9 Å². The van der Waals surface area contributed by atoms with Gasteiger partial charge in [0.1, 0.15) is 0 Å². The molecule has 0 radical (unpaired) electrons. The predicted octanol–water partition coefficient (Wildman–Crippen LogP) is 2.39. The van der Waals surface area contributed by atoms with E-state index < -0.39 is 0 Å². The number of aromatic nitrogens is 2. The van der Waals surface area contributed by atoms with Crippen LogP contribution < -0.4 is 5.32 Å². The van der Waals surface area contributed by atoms with Crippen LogP contribution in [-0.2, 0) is 9.53 Å². The lowest BCUT2D eigenvalue weighted by Crippen LogP contribution is -2.33. The largest absolute Gasteiger partial charge is 0.463 e. The molecule has 1 heterocycles. The summed E-state index contributed by atoms with van der Waals surface area (Å²) in [7, 11) is 0. The Labute approximate surface area is 135 Å². The Bertz CT molecular complexity index is 648. The summed E-state index contributed by atoms with van der Waals surface area (Å²) in [5, 5.41) is 2.75. The Morgan fingerprint density at radius 2 is 1.91 bits per heavy atom. The second kappa shape index (κ2) is 7.58. The van der Waals surface area contributed by atoms with Gasteiger partial charge in [-0.3, -0.25) is 9.59 Å². The topological polar surface area (TPSA) is 84.1 Å². The van der Waals surface area contributed by atoms with E-state index >= 15 is 0 Å². The lowest BCUT2D eigenvalue weighted by atomic mass is 10.1. The number of benzene rings is 1. The molecule has 0 aliphatic carbocycles. The van der Waals surface area contributed by atoms with Crippen molar-refractivity contribution in [3.8, 4) is 11.3 Å². The molecule has 0 fully saturated rings. The van der Waals surface area contributed by atoms with E-state index in [2.05, 4.69) is 15.3 Å². The third kappa shape index (κ3) is 4.67. The highest BCUT2D eigenvalue weighted by Crippen LogP contribution is 2.16. The zero-order chi connectivity index (χ0) is 16.8. The Morgan fingerprint density at radius 1 is 1.22 bits per heavy atom. The smallest absolute Gasteiger partial charge is 0.310 e. The first kappa shape index (κ1) is 16.7. The minimum atomic E-state index is -0.384. The molecule has 6 heteroatoms. The SMILES string of the molecule is CC(C)OC(=O)C(C)CNC(=O)c1ccc(-c2cnc[nH]2)cc1. The van der Waals surface area contributed by atoms with Gasteiger partial charge in [0, 0.05) is 12.1 Å². The van der Waals surface area contributed by atoms with Gasteiger partial charge in [-0.25, -0.2) is 4.98 Å². The number of hydrogen-bond donors (Lipinski definition) is 2. The number of nitrogens with zero attached hydrogens (tertiary/aromatic N) is 1. The molecule has 2 rings (SSSR count). The summed E-state index contributed by atoms with van der Waals surface area (Å²) in [5.41, 5.74) is 2.38. The fraction of sp³-hybridized carbons (Fsp3) is 0.353.